The van der Waals surface area contributed by atoms with E-state index in [1.165, 1.54) is 22.1 Å². The van der Waals surface area contributed by atoms with Crippen LogP contribution in [0.3, 0.4) is 0 Å². The van der Waals surface area contributed by atoms with Crippen LogP contribution < -0.4 is 11.2 Å². The van der Waals surface area contributed by atoms with Crippen molar-refractivity contribution >= 4 is 34.7 Å². The van der Waals surface area contributed by atoms with Crippen LogP contribution in [0.25, 0.3) is 10.7 Å². The summed E-state index contributed by atoms with van der Waals surface area (Å²) in [7, 11) is 0. The second kappa shape index (κ2) is 7.02. The maximum Gasteiger partial charge on any atom is 0.234 e. The van der Waals surface area contributed by atoms with Crippen LogP contribution >= 0.6 is 23.1 Å². The minimum absolute atomic E-state index is 0.0925. The van der Waals surface area contributed by atoms with E-state index in [1.54, 1.807) is 19.1 Å². The van der Waals surface area contributed by atoms with Crippen LogP contribution in [-0.4, -0.2) is 26.5 Å². The first-order valence-corrected chi connectivity index (χ1v) is 8.84. The van der Waals surface area contributed by atoms with Crippen LogP contribution in [0.5, 0.6) is 0 Å². The zero-order chi connectivity index (χ0) is 17.1. The van der Waals surface area contributed by atoms with E-state index in [0.29, 0.717) is 22.2 Å². The molecule has 9 heteroatoms. The zero-order valence-corrected chi connectivity index (χ0v) is 14.3. The number of hydrogen-bond donors (Lipinski definition) is 2. The highest BCUT2D eigenvalue weighted by atomic mass is 32.2. The van der Waals surface area contributed by atoms with E-state index in [2.05, 4.69) is 15.5 Å². The van der Waals surface area contributed by atoms with Gasteiger partial charge in [-0.1, -0.05) is 23.9 Å². The van der Waals surface area contributed by atoms with Crippen LogP contribution in [0.2, 0.25) is 0 Å². The standard InChI is InChI=1S/C15H14FN5OS2/c1-9-4-5-10(7-11(9)16)18-13(22)8-24-15-20-19-14(21(15)17)12-3-2-6-23-12/h2-7H,8,17H2,1H3,(H,18,22). The van der Waals surface area contributed by atoms with Crippen LogP contribution in [0.4, 0.5) is 10.1 Å². The van der Waals surface area contributed by atoms with Gasteiger partial charge in [-0.25, -0.2) is 9.07 Å². The monoisotopic (exact) mass is 363 g/mol. The number of aryl methyl sites for hydroxylation is 1. The third kappa shape index (κ3) is 3.57. The number of rotatable bonds is 5. The average molecular weight is 363 g/mol. The van der Waals surface area contributed by atoms with Gasteiger partial charge in [0.05, 0.1) is 10.6 Å². The number of amides is 1. The van der Waals surface area contributed by atoms with E-state index in [0.717, 1.165) is 16.6 Å². The molecule has 6 nitrogen and oxygen atoms in total. The molecule has 24 heavy (non-hydrogen) atoms. The van der Waals surface area contributed by atoms with Gasteiger partial charge in [0.2, 0.25) is 11.1 Å². The summed E-state index contributed by atoms with van der Waals surface area (Å²) in [5, 5.41) is 13.0. The van der Waals surface area contributed by atoms with Gasteiger partial charge in [0, 0.05) is 5.69 Å². The van der Waals surface area contributed by atoms with Crippen LogP contribution in [0.15, 0.2) is 40.9 Å². The number of carbonyl (C=O) groups excluding carboxylic acids is 1. The number of aromatic nitrogens is 3. The Balaban J connectivity index is 1.61. The number of nitrogens with two attached hydrogens (primary N) is 1. The zero-order valence-electron chi connectivity index (χ0n) is 12.7. The Kier molecular flexibility index (Phi) is 4.81. The number of thiophene rings is 1. The molecule has 0 fully saturated rings. The second-order valence-corrected chi connectivity index (χ2v) is 6.84. The van der Waals surface area contributed by atoms with Crippen molar-refractivity contribution in [2.24, 2.45) is 0 Å². The summed E-state index contributed by atoms with van der Waals surface area (Å²) < 4.78 is 14.8. The van der Waals surface area contributed by atoms with Crippen LogP contribution in [-0.2, 0) is 4.79 Å². The predicted molar refractivity (Wildman–Crippen MR) is 94.0 cm³/mol. The molecule has 1 aromatic carbocycles. The fraction of sp³-hybridized carbons (Fsp3) is 0.133. The Morgan fingerprint density at radius 1 is 1.42 bits per heavy atom. The highest BCUT2D eigenvalue weighted by Crippen LogP contribution is 2.25. The lowest BCUT2D eigenvalue weighted by Gasteiger charge is -2.06. The maximum absolute atomic E-state index is 13.5. The topological polar surface area (TPSA) is 85.8 Å². The summed E-state index contributed by atoms with van der Waals surface area (Å²) in [4.78, 5) is 12.9. The largest absolute Gasteiger partial charge is 0.335 e. The summed E-state index contributed by atoms with van der Waals surface area (Å²) >= 11 is 2.67. The molecule has 0 saturated carbocycles. The lowest BCUT2D eigenvalue weighted by atomic mass is 10.2. The summed E-state index contributed by atoms with van der Waals surface area (Å²) in [5.74, 6) is 5.98. The molecule has 0 aliphatic rings. The van der Waals surface area contributed by atoms with Gasteiger partial charge >= 0.3 is 0 Å². The Bertz CT molecular complexity index is 863. The van der Waals surface area contributed by atoms with Gasteiger partial charge in [0.1, 0.15) is 5.82 Å². The molecule has 2 aromatic heterocycles. The molecular weight excluding hydrogens is 349 g/mol. The highest BCUT2D eigenvalue weighted by molar-refractivity contribution is 7.99. The third-order valence-electron chi connectivity index (χ3n) is 3.19. The normalized spacial score (nSPS) is 10.8. The van der Waals surface area contributed by atoms with E-state index >= 15 is 0 Å². The number of thioether (sulfide) groups is 1. The van der Waals surface area contributed by atoms with E-state index in [-0.39, 0.29) is 17.5 Å². The van der Waals surface area contributed by atoms with Crippen LogP contribution in [0, 0.1) is 12.7 Å². The van der Waals surface area contributed by atoms with Gasteiger partial charge in [-0.3, -0.25) is 4.79 Å². The van der Waals surface area contributed by atoms with Gasteiger partial charge in [-0.2, -0.15) is 0 Å². The molecule has 0 spiro atoms. The van der Waals surface area contributed by atoms with Crippen molar-refractivity contribution in [2.45, 2.75) is 12.1 Å². The van der Waals surface area contributed by atoms with Crippen molar-refractivity contribution in [2.75, 3.05) is 16.9 Å². The fourth-order valence-corrected chi connectivity index (χ4v) is 3.31. The molecule has 3 rings (SSSR count). The smallest absolute Gasteiger partial charge is 0.234 e. The first kappa shape index (κ1) is 16.5. The van der Waals surface area contributed by atoms with Crippen molar-refractivity contribution in [3.8, 4) is 10.7 Å². The lowest BCUT2D eigenvalue weighted by Crippen LogP contribution is -2.16. The number of benzene rings is 1. The molecular formula is C15H14FN5OS2. The van der Waals surface area contributed by atoms with E-state index in [9.17, 15) is 9.18 Å². The van der Waals surface area contributed by atoms with Gasteiger partial charge in [-0.05, 0) is 36.1 Å². The fourth-order valence-electron chi connectivity index (χ4n) is 1.95. The van der Waals surface area contributed by atoms with E-state index < -0.39 is 0 Å². The third-order valence-corrected chi connectivity index (χ3v) is 5.00. The van der Waals surface area contributed by atoms with Crippen molar-refractivity contribution in [3.63, 3.8) is 0 Å². The number of carbonyl (C=O) groups is 1. The number of nitrogen functional groups attached to an aromatic ring is 1. The van der Waals surface area contributed by atoms with Gasteiger partial charge < -0.3 is 11.2 Å². The molecule has 0 bridgehead atoms. The van der Waals surface area contributed by atoms with E-state index in [4.69, 9.17) is 5.84 Å². The summed E-state index contributed by atoms with van der Waals surface area (Å²) in [6, 6.07) is 8.35. The Hall–Kier alpha value is -2.39. The molecule has 0 saturated heterocycles. The molecule has 0 radical (unpaired) electrons. The Labute approximate surface area is 145 Å². The minimum Gasteiger partial charge on any atom is -0.335 e. The van der Waals surface area contributed by atoms with Gasteiger partial charge in [0.15, 0.2) is 5.82 Å². The SMILES string of the molecule is Cc1ccc(NC(=O)CSc2nnc(-c3cccs3)n2N)cc1F. The van der Waals surface area contributed by atoms with Crippen LogP contribution in [0.1, 0.15) is 5.56 Å². The molecule has 1 amide bonds. The summed E-state index contributed by atoms with van der Waals surface area (Å²) in [5.41, 5.74) is 0.942. The summed E-state index contributed by atoms with van der Waals surface area (Å²) in [6.45, 7) is 1.66. The Morgan fingerprint density at radius 3 is 2.96 bits per heavy atom. The molecule has 2 heterocycles. The Morgan fingerprint density at radius 2 is 2.25 bits per heavy atom. The minimum atomic E-state index is -0.359. The van der Waals surface area contributed by atoms with Gasteiger partial charge in [0.25, 0.3) is 0 Å². The molecule has 0 aliphatic carbocycles. The molecule has 3 N–H and O–H groups in total. The van der Waals surface area contributed by atoms with Crippen molar-refractivity contribution in [1.29, 1.82) is 0 Å². The number of nitrogens with one attached hydrogen (secondary N) is 1. The first-order valence-electron chi connectivity index (χ1n) is 6.98. The number of anilines is 1. The molecule has 124 valence electrons. The maximum atomic E-state index is 13.5. The number of hydrogen-bond acceptors (Lipinski definition) is 6. The molecule has 3 aromatic rings. The second-order valence-electron chi connectivity index (χ2n) is 4.95. The first-order chi connectivity index (χ1) is 11.5. The predicted octanol–water partition coefficient (Wildman–Crippen LogP) is 2.90. The molecule has 0 atom stereocenters. The van der Waals surface area contributed by atoms with Crippen molar-refractivity contribution in [3.05, 3.63) is 47.1 Å². The van der Waals surface area contributed by atoms with Crippen molar-refractivity contribution in [1.82, 2.24) is 14.9 Å². The van der Waals surface area contributed by atoms with Crippen molar-refractivity contribution < 1.29 is 9.18 Å². The number of halogens is 1. The average Bonchev–Trinajstić information content (AvgIpc) is 3.19. The molecule has 0 unspecified atom stereocenters. The van der Waals surface area contributed by atoms with E-state index in [1.807, 2.05) is 17.5 Å². The lowest BCUT2D eigenvalue weighted by molar-refractivity contribution is -0.113. The highest BCUT2D eigenvalue weighted by Gasteiger charge is 2.14. The van der Waals surface area contributed by atoms with Gasteiger partial charge in [-0.15, -0.1) is 21.5 Å². The summed E-state index contributed by atoms with van der Waals surface area (Å²) in [6.07, 6.45) is 0. The number of nitrogens with zero attached hydrogens (tertiary/aromatic N) is 3. The molecule has 0 aliphatic heterocycles. The quantitative estimate of drug-likeness (QED) is 0.538.